The highest BCUT2D eigenvalue weighted by atomic mass is 16.1. The monoisotopic (exact) mass is 195 g/mol. The number of nitrogens with zero attached hydrogens (tertiary/aromatic N) is 1. The molecule has 2 unspecified atom stereocenters. The van der Waals surface area contributed by atoms with E-state index in [1.807, 2.05) is 0 Å². The van der Waals surface area contributed by atoms with Crippen LogP contribution >= 0.6 is 0 Å². The quantitative estimate of drug-likeness (QED) is 0.687. The highest BCUT2D eigenvalue weighted by Crippen LogP contribution is 2.32. The molecule has 2 aliphatic carbocycles. The van der Waals surface area contributed by atoms with Gasteiger partial charge >= 0.3 is 0 Å². The van der Waals surface area contributed by atoms with E-state index in [4.69, 9.17) is 0 Å². The molecule has 2 rings (SSSR count). The van der Waals surface area contributed by atoms with E-state index in [0.29, 0.717) is 17.7 Å². The zero-order valence-corrected chi connectivity index (χ0v) is 9.33. The molecule has 80 valence electrons. The summed E-state index contributed by atoms with van der Waals surface area (Å²) in [4.78, 5) is 13.8. The van der Waals surface area contributed by atoms with E-state index in [9.17, 15) is 4.79 Å². The van der Waals surface area contributed by atoms with Crippen molar-refractivity contribution in [1.82, 2.24) is 4.90 Å². The lowest BCUT2D eigenvalue weighted by atomic mass is 9.84. The van der Waals surface area contributed by atoms with Crippen LogP contribution in [-0.4, -0.2) is 30.3 Å². The van der Waals surface area contributed by atoms with Crippen molar-refractivity contribution in [1.29, 1.82) is 0 Å². The molecule has 2 atom stereocenters. The molecule has 2 saturated carbocycles. The first-order valence-electron chi connectivity index (χ1n) is 5.88. The van der Waals surface area contributed by atoms with Crippen molar-refractivity contribution in [2.75, 3.05) is 13.6 Å². The van der Waals surface area contributed by atoms with Crippen molar-refractivity contribution in [3.8, 4) is 0 Å². The third-order valence-corrected chi connectivity index (χ3v) is 3.78. The molecular weight excluding hydrogens is 174 g/mol. The second-order valence-electron chi connectivity index (χ2n) is 5.21. The van der Waals surface area contributed by atoms with Crippen LogP contribution in [0.4, 0.5) is 0 Å². The van der Waals surface area contributed by atoms with Gasteiger partial charge in [0.25, 0.3) is 0 Å². The van der Waals surface area contributed by atoms with Gasteiger partial charge in [-0.15, -0.1) is 0 Å². The Bertz CT molecular complexity index is 222. The highest BCUT2D eigenvalue weighted by Gasteiger charge is 2.32. The molecule has 14 heavy (non-hydrogen) atoms. The first-order valence-corrected chi connectivity index (χ1v) is 5.88. The van der Waals surface area contributed by atoms with Gasteiger partial charge in [0, 0.05) is 25.4 Å². The lowest BCUT2D eigenvalue weighted by molar-refractivity contribution is -0.123. The van der Waals surface area contributed by atoms with Crippen LogP contribution in [0.5, 0.6) is 0 Å². The van der Waals surface area contributed by atoms with Crippen LogP contribution in [0.2, 0.25) is 0 Å². The molecule has 0 heterocycles. The van der Waals surface area contributed by atoms with Gasteiger partial charge in [0.15, 0.2) is 0 Å². The van der Waals surface area contributed by atoms with Crippen molar-refractivity contribution in [2.45, 2.75) is 45.1 Å². The largest absolute Gasteiger partial charge is 0.302 e. The molecular formula is C12H21NO. The average Bonchev–Trinajstić information content (AvgIpc) is 2.93. The van der Waals surface area contributed by atoms with Crippen LogP contribution in [0, 0.1) is 11.8 Å². The van der Waals surface area contributed by atoms with Crippen LogP contribution in [0.25, 0.3) is 0 Å². The molecule has 0 spiro atoms. The normalized spacial score (nSPS) is 33.8. The van der Waals surface area contributed by atoms with E-state index in [2.05, 4.69) is 18.9 Å². The first kappa shape index (κ1) is 10.2. The second-order valence-corrected chi connectivity index (χ2v) is 5.21. The minimum Gasteiger partial charge on any atom is -0.302 e. The molecule has 0 aromatic heterocycles. The molecule has 2 heteroatoms. The topological polar surface area (TPSA) is 20.3 Å². The van der Waals surface area contributed by atoms with Gasteiger partial charge in [-0.25, -0.2) is 0 Å². The van der Waals surface area contributed by atoms with Crippen LogP contribution in [-0.2, 0) is 4.79 Å². The van der Waals surface area contributed by atoms with Gasteiger partial charge in [0.2, 0.25) is 0 Å². The van der Waals surface area contributed by atoms with Gasteiger partial charge < -0.3 is 4.90 Å². The number of ketones is 1. The Labute approximate surface area is 86.7 Å². The Kier molecular flexibility index (Phi) is 2.91. The fourth-order valence-electron chi connectivity index (χ4n) is 2.55. The molecule has 0 saturated heterocycles. The Hall–Kier alpha value is -0.370. The molecule has 2 aliphatic rings. The van der Waals surface area contributed by atoms with E-state index >= 15 is 0 Å². The maximum Gasteiger partial charge on any atom is 0.134 e. The van der Waals surface area contributed by atoms with Crippen molar-refractivity contribution >= 4 is 5.78 Å². The molecule has 0 radical (unpaired) electrons. The van der Waals surface area contributed by atoms with E-state index < -0.39 is 0 Å². The standard InChI is InChI=1S/C12H21NO/c1-9-3-6-11(14)7-12(9)13(2)8-10-4-5-10/h9-10,12H,3-8H2,1-2H3. The Morgan fingerprint density at radius 3 is 2.71 bits per heavy atom. The van der Waals surface area contributed by atoms with Crippen LogP contribution in [0.1, 0.15) is 39.0 Å². The maximum absolute atomic E-state index is 11.4. The van der Waals surface area contributed by atoms with E-state index in [1.165, 1.54) is 19.4 Å². The first-order chi connectivity index (χ1) is 6.66. The van der Waals surface area contributed by atoms with Crippen LogP contribution < -0.4 is 0 Å². The molecule has 2 nitrogen and oxygen atoms in total. The summed E-state index contributed by atoms with van der Waals surface area (Å²) in [5.41, 5.74) is 0. The summed E-state index contributed by atoms with van der Waals surface area (Å²) in [5.74, 6) is 2.11. The van der Waals surface area contributed by atoms with Gasteiger partial charge in [-0.3, -0.25) is 4.79 Å². The number of carbonyl (C=O) groups is 1. The van der Waals surface area contributed by atoms with Gasteiger partial charge in [-0.2, -0.15) is 0 Å². The molecule has 0 aliphatic heterocycles. The van der Waals surface area contributed by atoms with E-state index in [-0.39, 0.29) is 0 Å². The molecule has 0 N–H and O–H groups in total. The van der Waals surface area contributed by atoms with Crippen molar-refractivity contribution in [2.24, 2.45) is 11.8 Å². The minimum absolute atomic E-state index is 0.468. The minimum atomic E-state index is 0.468. The predicted octanol–water partition coefficient (Wildman–Crippen LogP) is 2.09. The molecule has 0 aromatic rings. The van der Waals surface area contributed by atoms with Crippen molar-refractivity contribution < 1.29 is 4.79 Å². The summed E-state index contributed by atoms with van der Waals surface area (Å²) in [7, 11) is 2.19. The van der Waals surface area contributed by atoms with Gasteiger partial charge in [0.1, 0.15) is 5.78 Å². The highest BCUT2D eigenvalue weighted by molar-refractivity contribution is 5.79. The summed E-state index contributed by atoms with van der Waals surface area (Å²) < 4.78 is 0. The fraction of sp³-hybridized carbons (Fsp3) is 0.917. The average molecular weight is 195 g/mol. The number of Topliss-reactive ketones (excluding diaryl/α,β-unsaturated/α-hetero) is 1. The van der Waals surface area contributed by atoms with Crippen LogP contribution in [0.15, 0.2) is 0 Å². The number of carbonyl (C=O) groups excluding carboxylic acids is 1. The summed E-state index contributed by atoms with van der Waals surface area (Å²) in [6.07, 6.45) is 5.51. The summed E-state index contributed by atoms with van der Waals surface area (Å²) in [6, 6.07) is 0.525. The lowest BCUT2D eigenvalue weighted by Gasteiger charge is -2.35. The second kappa shape index (κ2) is 4.01. The van der Waals surface area contributed by atoms with Crippen molar-refractivity contribution in [3.63, 3.8) is 0 Å². The van der Waals surface area contributed by atoms with Crippen LogP contribution in [0.3, 0.4) is 0 Å². The zero-order valence-electron chi connectivity index (χ0n) is 9.33. The molecule has 0 aromatic carbocycles. The smallest absolute Gasteiger partial charge is 0.134 e. The lowest BCUT2D eigenvalue weighted by Crippen LogP contribution is -2.42. The molecule has 0 amide bonds. The molecule has 2 fully saturated rings. The maximum atomic E-state index is 11.4. The Balaban J connectivity index is 1.88. The summed E-state index contributed by atoms with van der Waals surface area (Å²) in [5, 5.41) is 0. The molecule has 0 bridgehead atoms. The third-order valence-electron chi connectivity index (χ3n) is 3.78. The number of rotatable bonds is 3. The third kappa shape index (κ3) is 2.35. The van der Waals surface area contributed by atoms with E-state index in [0.717, 1.165) is 25.2 Å². The predicted molar refractivity (Wildman–Crippen MR) is 57.2 cm³/mol. The van der Waals surface area contributed by atoms with Crippen molar-refractivity contribution in [3.05, 3.63) is 0 Å². The van der Waals surface area contributed by atoms with E-state index in [1.54, 1.807) is 0 Å². The Morgan fingerprint density at radius 1 is 1.36 bits per heavy atom. The van der Waals surface area contributed by atoms with Gasteiger partial charge in [-0.05, 0) is 38.1 Å². The van der Waals surface area contributed by atoms with Gasteiger partial charge in [-0.1, -0.05) is 6.92 Å². The Morgan fingerprint density at radius 2 is 2.07 bits per heavy atom. The summed E-state index contributed by atoms with van der Waals surface area (Å²) >= 11 is 0. The van der Waals surface area contributed by atoms with Gasteiger partial charge in [0.05, 0.1) is 0 Å². The zero-order chi connectivity index (χ0) is 10.1. The fourth-order valence-corrected chi connectivity index (χ4v) is 2.55. The number of hydrogen-bond donors (Lipinski definition) is 0. The number of hydrogen-bond acceptors (Lipinski definition) is 2. The SMILES string of the molecule is CC1CCC(=O)CC1N(C)CC1CC1. The summed E-state index contributed by atoms with van der Waals surface area (Å²) in [6.45, 7) is 3.50.